The quantitative estimate of drug-likeness (QED) is 0.255. The molecule has 1 aliphatic rings. The summed E-state index contributed by atoms with van der Waals surface area (Å²) in [5.41, 5.74) is 0.00566. The molecule has 0 aromatic heterocycles. The fraction of sp³-hybridized carbons (Fsp3) is 0.192. The molecule has 3 aromatic rings. The SMILES string of the molecule is O=C(OC[C@H]1O[C@H](OC(=O)c2ccccc2)[C@@](O)(S(=O)(=O)F)[C@@H]1OC(=O)c1ccccc1)c1ccccc1. The molecule has 1 aliphatic heterocycles. The molecule has 0 amide bonds. The summed E-state index contributed by atoms with van der Waals surface area (Å²) in [7, 11) is -6.04. The Morgan fingerprint density at radius 1 is 0.763 bits per heavy atom. The number of hydrogen-bond acceptors (Lipinski definition) is 10. The van der Waals surface area contributed by atoms with Crippen LogP contribution in [0.5, 0.6) is 0 Å². The second-order valence-corrected chi connectivity index (χ2v) is 9.65. The van der Waals surface area contributed by atoms with Gasteiger partial charge in [-0.25, -0.2) is 14.4 Å². The Morgan fingerprint density at radius 3 is 1.63 bits per heavy atom. The van der Waals surface area contributed by atoms with Crippen molar-refractivity contribution in [3.05, 3.63) is 108 Å². The van der Waals surface area contributed by atoms with Crippen LogP contribution in [0.1, 0.15) is 31.1 Å². The van der Waals surface area contributed by atoms with Gasteiger partial charge in [-0.3, -0.25) is 0 Å². The topological polar surface area (TPSA) is 142 Å². The molecule has 38 heavy (non-hydrogen) atoms. The lowest BCUT2D eigenvalue weighted by atomic mass is 10.1. The molecular formula is C26H21FO10S. The summed E-state index contributed by atoms with van der Waals surface area (Å²) in [6.45, 7) is -0.794. The minimum Gasteiger partial charge on any atom is -0.459 e. The summed E-state index contributed by atoms with van der Waals surface area (Å²) in [6, 6.07) is 22.2. The van der Waals surface area contributed by atoms with Gasteiger partial charge in [-0.2, -0.15) is 8.42 Å². The fourth-order valence-corrected chi connectivity index (χ4v) is 4.50. The van der Waals surface area contributed by atoms with Crippen LogP contribution in [0.15, 0.2) is 91.0 Å². The second kappa shape index (κ2) is 11.1. The normalized spacial score (nSPS) is 22.8. The van der Waals surface area contributed by atoms with Crippen molar-refractivity contribution in [1.29, 1.82) is 0 Å². The molecule has 3 aromatic carbocycles. The molecule has 1 heterocycles. The average Bonchev–Trinajstić information content (AvgIpc) is 3.19. The van der Waals surface area contributed by atoms with Gasteiger partial charge in [-0.05, 0) is 36.4 Å². The van der Waals surface area contributed by atoms with Crippen LogP contribution in [-0.2, 0) is 29.2 Å². The van der Waals surface area contributed by atoms with Gasteiger partial charge in [0.25, 0.3) is 11.2 Å². The number of carbonyl (C=O) groups excluding carboxylic acids is 3. The standard InChI is InChI=1S/C26H21FO10S/c27-38(32,33)26(31)21(36-23(29)18-12-6-2-7-13-18)20(16-34-22(28)17-10-4-1-5-11-17)35-25(26)37-24(30)19-14-8-3-9-15-19/h1-15,20-21,25,31H,16H2/t20-,21-,25-,26+/m1/s1. The molecule has 0 aliphatic carbocycles. The highest BCUT2D eigenvalue weighted by Gasteiger charge is 2.69. The summed E-state index contributed by atoms with van der Waals surface area (Å²) in [5.74, 6) is -3.16. The molecular weight excluding hydrogens is 523 g/mol. The smallest absolute Gasteiger partial charge is 0.342 e. The van der Waals surface area contributed by atoms with E-state index in [2.05, 4.69) is 0 Å². The van der Waals surface area contributed by atoms with E-state index in [9.17, 15) is 31.8 Å². The van der Waals surface area contributed by atoms with Crippen LogP contribution >= 0.6 is 0 Å². The average molecular weight is 545 g/mol. The third-order valence-corrected chi connectivity index (χ3v) is 6.83. The van der Waals surface area contributed by atoms with E-state index in [1.54, 1.807) is 30.3 Å². The van der Waals surface area contributed by atoms with Crippen molar-refractivity contribution in [1.82, 2.24) is 0 Å². The van der Waals surface area contributed by atoms with E-state index < -0.39 is 58.2 Å². The number of esters is 3. The first-order valence-electron chi connectivity index (χ1n) is 11.2. The van der Waals surface area contributed by atoms with Crippen molar-refractivity contribution < 1.29 is 50.7 Å². The third-order valence-electron chi connectivity index (χ3n) is 5.63. The minimum atomic E-state index is -6.04. The van der Waals surface area contributed by atoms with Crippen LogP contribution in [0, 0.1) is 0 Å². The summed E-state index contributed by atoms with van der Waals surface area (Å²) in [4.78, 5) is 34.1. The molecule has 0 radical (unpaired) electrons. The largest absolute Gasteiger partial charge is 0.459 e. The highest BCUT2D eigenvalue weighted by Crippen LogP contribution is 2.40. The maximum absolute atomic E-state index is 14.7. The summed E-state index contributed by atoms with van der Waals surface area (Å²) in [5, 5.41) is 11.1. The molecule has 1 saturated heterocycles. The molecule has 10 nitrogen and oxygen atoms in total. The molecule has 4 rings (SSSR count). The summed E-state index contributed by atoms with van der Waals surface area (Å²) >= 11 is 0. The van der Waals surface area contributed by atoms with E-state index in [4.69, 9.17) is 18.9 Å². The number of halogens is 1. The number of carbonyl (C=O) groups is 3. The van der Waals surface area contributed by atoms with E-state index >= 15 is 0 Å². The molecule has 0 spiro atoms. The van der Waals surface area contributed by atoms with Gasteiger partial charge in [0.05, 0.1) is 16.7 Å². The molecule has 1 N–H and O–H groups in total. The zero-order valence-corrected chi connectivity index (χ0v) is 20.3. The van der Waals surface area contributed by atoms with E-state index in [-0.39, 0.29) is 16.7 Å². The van der Waals surface area contributed by atoms with Gasteiger partial charge in [-0.15, -0.1) is 3.89 Å². The first-order chi connectivity index (χ1) is 18.1. The molecule has 0 unspecified atom stereocenters. The molecule has 0 saturated carbocycles. The van der Waals surface area contributed by atoms with E-state index in [1.807, 2.05) is 0 Å². The van der Waals surface area contributed by atoms with Crippen molar-refractivity contribution in [2.45, 2.75) is 23.4 Å². The van der Waals surface area contributed by atoms with Crippen molar-refractivity contribution in [2.75, 3.05) is 6.61 Å². The van der Waals surface area contributed by atoms with Crippen molar-refractivity contribution in [3.63, 3.8) is 0 Å². The van der Waals surface area contributed by atoms with Crippen molar-refractivity contribution >= 4 is 28.1 Å². The van der Waals surface area contributed by atoms with Gasteiger partial charge in [0, 0.05) is 0 Å². The highest BCUT2D eigenvalue weighted by atomic mass is 32.3. The Balaban J connectivity index is 1.65. The number of hydrogen-bond donors (Lipinski definition) is 1. The number of aliphatic hydroxyl groups is 1. The van der Waals surface area contributed by atoms with Gasteiger partial charge in [0.1, 0.15) is 12.7 Å². The fourth-order valence-electron chi connectivity index (χ4n) is 3.69. The lowest BCUT2D eigenvalue weighted by molar-refractivity contribution is -0.152. The van der Waals surface area contributed by atoms with Gasteiger partial charge in [0.2, 0.25) is 0 Å². The predicted molar refractivity (Wildman–Crippen MR) is 128 cm³/mol. The lowest BCUT2D eigenvalue weighted by Gasteiger charge is -2.28. The van der Waals surface area contributed by atoms with Crippen LogP contribution in [-0.4, -0.2) is 61.5 Å². The molecule has 0 bridgehead atoms. The lowest BCUT2D eigenvalue weighted by Crippen LogP contribution is -2.56. The monoisotopic (exact) mass is 544 g/mol. The highest BCUT2D eigenvalue weighted by molar-refractivity contribution is 7.87. The van der Waals surface area contributed by atoms with E-state index in [1.165, 1.54) is 60.7 Å². The predicted octanol–water partition coefficient (Wildman–Crippen LogP) is 2.64. The minimum absolute atomic E-state index is 0.0594. The first kappa shape index (κ1) is 26.9. The van der Waals surface area contributed by atoms with Crippen molar-refractivity contribution in [2.24, 2.45) is 0 Å². The number of benzene rings is 3. The van der Waals surface area contributed by atoms with E-state index in [0.29, 0.717) is 0 Å². The van der Waals surface area contributed by atoms with Crippen LogP contribution in [0.25, 0.3) is 0 Å². The van der Waals surface area contributed by atoms with Crippen LogP contribution < -0.4 is 0 Å². The van der Waals surface area contributed by atoms with Gasteiger partial charge in [0.15, 0.2) is 6.10 Å². The number of rotatable bonds is 8. The Morgan fingerprint density at radius 2 is 1.18 bits per heavy atom. The Hall–Kier alpha value is -4.13. The summed E-state index contributed by atoms with van der Waals surface area (Å²) in [6.07, 6.45) is -6.54. The first-order valence-corrected chi connectivity index (χ1v) is 12.6. The maximum Gasteiger partial charge on any atom is 0.342 e. The third kappa shape index (κ3) is 5.57. The van der Waals surface area contributed by atoms with Gasteiger partial charge < -0.3 is 24.1 Å². The molecule has 4 atom stereocenters. The van der Waals surface area contributed by atoms with Crippen molar-refractivity contribution in [3.8, 4) is 0 Å². The molecule has 198 valence electrons. The van der Waals surface area contributed by atoms with Crippen LogP contribution in [0.4, 0.5) is 3.89 Å². The Labute approximate surface area is 216 Å². The van der Waals surface area contributed by atoms with E-state index in [0.717, 1.165) is 0 Å². The van der Waals surface area contributed by atoms with Crippen LogP contribution in [0.3, 0.4) is 0 Å². The zero-order chi connectivity index (χ0) is 27.3. The Kier molecular flexibility index (Phi) is 7.86. The molecule has 12 heteroatoms. The number of ether oxygens (including phenoxy) is 4. The zero-order valence-electron chi connectivity index (χ0n) is 19.5. The van der Waals surface area contributed by atoms with Gasteiger partial charge in [-0.1, -0.05) is 54.6 Å². The van der Waals surface area contributed by atoms with Gasteiger partial charge >= 0.3 is 28.1 Å². The Bertz CT molecular complexity index is 1400. The molecule has 1 fully saturated rings. The van der Waals surface area contributed by atoms with Crippen LogP contribution in [0.2, 0.25) is 0 Å². The second-order valence-electron chi connectivity index (χ2n) is 8.12. The summed E-state index contributed by atoms with van der Waals surface area (Å²) < 4.78 is 59.9. The maximum atomic E-state index is 14.7.